The topological polar surface area (TPSA) is 29.9 Å². The zero-order chi connectivity index (χ0) is 13.6. The molecule has 3 aromatic rings. The van der Waals surface area contributed by atoms with E-state index in [-0.39, 0.29) is 0 Å². The molecule has 0 aliphatic heterocycles. The summed E-state index contributed by atoms with van der Waals surface area (Å²) >= 11 is 0. The van der Waals surface area contributed by atoms with Gasteiger partial charge in [-0.25, -0.2) is 4.98 Å². The number of hydrogen-bond donors (Lipinski definition) is 0. The number of hydrogen-bond acceptors (Lipinski definition) is 2. The van der Waals surface area contributed by atoms with Crippen molar-refractivity contribution in [2.75, 3.05) is 0 Å². The van der Waals surface area contributed by atoms with Crippen molar-refractivity contribution in [3.05, 3.63) is 47.3 Å². The summed E-state index contributed by atoms with van der Waals surface area (Å²) < 4.78 is 7.52. The van der Waals surface area contributed by atoms with E-state index in [0.29, 0.717) is 0 Å². The van der Waals surface area contributed by atoms with Crippen LogP contribution in [0.2, 0.25) is 0 Å². The number of pyridine rings is 1. The molecule has 0 saturated heterocycles. The second-order valence-electron chi connectivity index (χ2n) is 5.07. The fourth-order valence-electron chi connectivity index (χ4n) is 2.57. The number of aromatic nitrogens is 2. The number of rotatable bonds is 1. The number of fused-ring (bicyclic) bond motifs is 1. The molecule has 0 aliphatic carbocycles. The summed E-state index contributed by atoms with van der Waals surface area (Å²) in [6.45, 7) is 6.44. The molecule has 1 aromatic carbocycles. The quantitative estimate of drug-likeness (QED) is 0.623. The highest BCUT2D eigenvalue weighted by atomic mass is 16.3. The van der Waals surface area contributed by atoms with Crippen LogP contribution in [0.15, 0.2) is 35.1 Å². The molecule has 3 heteroatoms. The van der Waals surface area contributed by atoms with E-state index in [1.165, 1.54) is 28.6 Å². The molecule has 0 amide bonds. The van der Waals surface area contributed by atoms with E-state index in [0.717, 1.165) is 16.9 Å². The number of aryl methyl sites for hydroxylation is 3. The Hall–Kier alpha value is -2.16. The fraction of sp³-hybridized carbons (Fsp3) is 0.250. The molecule has 0 unspecified atom stereocenters. The first-order chi connectivity index (χ1) is 9.08. The van der Waals surface area contributed by atoms with Gasteiger partial charge in [-0.3, -0.25) is 0 Å². The van der Waals surface area contributed by atoms with Gasteiger partial charge in [0, 0.05) is 11.6 Å². The maximum atomic E-state index is 5.46. The van der Waals surface area contributed by atoms with E-state index in [2.05, 4.69) is 48.5 Å². The Labute approximate surface area is 112 Å². The molecule has 2 aromatic heterocycles. The zero-order valence-electron chi connectivity index (χ0n) is 11.7. The maximum absolute atomic E-state index is 5.46. The van der Waals surface area contributed by atoms with Crippen molar-refractivity contribution < 1.29 is 8.98 Å². The molecule has 96 valence electrons. The molecule has 0 aliphatic rings. The molecule has 3 rings (SSSR count). The first-order valence-electron chi connectivity index (χ1n) is 6.38. The number of oxazole rings is 1. The van der Waals surface area contributed by atoms with Gasteiger partial charge in [-0.05, 0) is 44.0 Å². The monoisotopic (exact) mass is 253 g/mol. The minimum Gasteiger partial charge on any atom is -0.391 e. The third-order valence-corrected chi connectivity index (χ3v) is 3.73. The fourth-order valence-corrected chi connectivity index (χ4v) is 2.57. The van der Waals surface area contributed by atoms with Crippen LogP contribution < -0.4 is 4.57 Å². The molecule has 0 saturated carbocycles. The smallest absolute Gasteiger partial charge is 0.391 e. The molecule has 0 atom stereocenters. The summed E-state index contributed by atoms with van der Waals surface area (Å²) in [6, 6.07) is 8.54. The van der Waals surface area contributed by atoms with Crippen molar-refractivity contribution >= 4 is 11.2 Å². The van der Waals surface area contributed by atoms with Crippen LogP contribution >= 0.6 is 0 Å². The molecule has 19 heavy (non-hydrogen) atoms. The molecule has 0 spiro atoms. The van der Waals surface area contributed by atoms with Gasteiger partial charge in [0.05, 0.1) is 0 Å². The number of benzene rings is 1. The summed E-state index contributed by atoms with van der Waals surface area (Å²) in [4.78, 5) is 4.18. The number of nitrogens with zero attached hydrogens (tertiary/aromatic N) is 2. The average molecular weight is 253 g/mol. The Morgan fingerprint density at radius 2 is 1.89 bits per heavy atom. The molecule has 0 fully saturated rings. The van der Waals surface area contributed by atoms with Crippen molar-refractivity contribution in [2.45, 2.75) is 20.8 Å². The van der Waals surface area contributed by atoms with Gasteiger partial charge >= 0.3 is 5.71 Å². The minimum atomic E-state index is 0.802. The van der Waals surface area contributed by atoms with E-state index in [1.54, 1.807) is 0 Å². The van der Waals surface area contributed by atoms with Crippen LogP contribution in [0.4, 0.5) is 0 Å². The first kappa shape index (κ1) is 11.9. The Balaban J connectivity index is 2.33. The second kappa shape index (κ2) is 4.19. The first-order valence-corrected chi connectivity index (χ1v) is 6.38. The molecule has 0 bridgehead atoms. The summed E-state index contributed by atoms with van der Waals surface area (Å²) in [5, 5.41) is 0. The largest absolute Gasteiger partial charge is 0.401 e. The minimum absolute atomic E-state index is 0.802. The SMILES string of the molecule is Cc1cc(C)c(C)c(-c2ccc3ncoc3[n+]2C)c1. The normalized spacial score (nSPS) is 11.2. The van der Waals surface area contributed by atoms with Crippen LogP contribution in [0.25, 0.3) is 22.5 Å². The predicted octanol–water partition coefficient (Wildman–Crippen LogP) is 3.24. The Bertz CT molecular complexity index is 772. The van der Waals surface area contributed by atoms with E-state index >= 15 is 0 Å². The lowest BCUT2D eigenvalue weighted by Crippen LogP contribution is -2.31. The lowest BCUT2D eigenvalue weighted by molar-refractivity contribution is -0.640. The molecule has 2 heterocycles. The van der Waals surface area contributed by atoms with Gasteiger partial charge < -0.3 is 4.42 Å². The average Bonchev–Trinajstić information content (AvgIpc) is 2.84. The lowest BCUT2D eigenvalue weighted by atomic mass is 9.97. The highest BCUT2D eigenvalue weighted by Crippen LogP contribution is 2.25. The van der Waals surface area contributed by atoms with Crippen LogP contribution in [-0.4, -0.2) is 4.98 Å². The van der Waals surface area contributed by atoms with Gasteiger partial charge in [0.2, 0.25) is 5.69 Å². The Kier molecular flexibility index (Phi) is 2.63. The highest BCUT2D eigenvalue weighted by molar-refractivity contribution is 5.70. The van der Waals surface area contributed by atoms with Gasteiger partial charge in [-0.2, -0.15) is 4.57 Å². The van der Waals surface area contributed by atoms with Crippen LogP contribution in [0.1, 0.15) is 16.7 Å². The third-order valence-electron chi connectivity index (χ3n) is 3.73. The molecular weight excluding hydrogens is 236 g/mol. The maximum Gasteiger partial charge on any atom is 0.401 e. The van der Waals surface area contributed by atoms with Crippen molar-refractivity contribution in [1.29, 1.82) is 0 Å². The van der Waals surface area contributed by atoms with Crippen molar-refractivity contribution in [3.63, 3.8) is 0 Å². The van der Waals surface area contributed by atoms with Gasteiger partial charge in [0.15, 0.2) is 11.9 Å². The second-order valence-corrected chi connectivity index (χ2v) is 5.07. The third kappa shape index (κ3) is 1.82. The van der Waals surface area contributed by atoms with E-state index in [1.807, 2.05) is 13.1 Å². The van der Waals surface area contributed by atoms with Gasteiger partial charge in [-0.15, -0.1) is 0 Å². The van der Waals surface area contributed by atoms with Gasteiger partial charge in [0.25, 0.3) is 0 Å². The van der Waals surface area contributed by atoms with Crippen molar-refractivity contribution in [2.24, 2.45) is 7.05 Å². The molecule has 0 radical (unpaired) electrons. The molecule has 3 nitrogen and oxygen atoms in total. The van der Waals surface area contributed by atoms with Crippen LogP contribution in [-0.2, 0) is 7.05 Å². The Morgan fingerprint density at radius 1 is 1.11 bits per heavy atom. The summed E-state index contributed by atoms with van der Waals surface area (Å²) in [5.41, 5.74) is 7.97. The van der Waals surface area contributed by atoms with E-state index in [9.17, 15) is 0 Å². The van der Waals surface area contributed by atoms with Gasteiger partial charge in [0.1, 0.15) is 7.05 Å². The standard InChI is InChI=1S/C16H17N2O/c1-10-7-11(2)12(3)13(8-10)15-6-5-14-16(18(15)4)19-9-17-14/h5-9H,1-4H3/q+1. The molecular formula is C16H17N2O+. The van der Waals surface area contributed by atoms with Crippen molar-refractivity contribution in [3.8, 4) is 11.3 Å². The van der Waals surface area contributed by atoms with Gasteiger partial charge in [-0.1, -0.05) is 11.6 Å². The van der Waals surface area contributed by atoms with E-state index in [4.69, 9.17) is 4.42 Å². The Morgan fingerprint density at radius 3 is 2.68 bits per heavy atom. The van der Waals surface area contributed by atoms with Crippen LogP contribution in [0.3, 0.4) is 0 Å². The van der Waals surface area contributed by atoms with Crippen molar-refractivity contribution in [1.82, 2.24) is 4.98 Å². The zero-order valence-corrected chi connectivity index (χ0v) is 11.7. The lowest BCUT2D eigenvalue weighted by Gasteiger charge is -2.08. The highest BCUT2D eigenvalue weighted by Gasteiger charge is 2.19. The summed E-state index contributed by atoms with van der Waals surface area (Å²) in [5.74, 6) is 0. The van der Waals surface area contributed by atoms with Crippen LogP contribution in [0.5, 0.6) is 0 Å². The van der Waals surface area contributed by atoms with Crippen LogP contribution in [0, 0.1) is 20.8 Å². The summed E-state index contributed by atoms with van der Waals surface area (Å²) in [7, 11) is 2.01. The predicted molar refractivity (Wildman–Crippen MR) is 74.8 cm³/mol. The van der Waals surface area contributed by atoms with E-state index < -0.39 is 0 Å². The summed E-state index contributed by atoms with van der Waals surface area (Å²) in [6.07, 6.45) is 1.49. The molecule has 0 N–H and O–H groups in total.